The molecule has 1 aliphatic heterocycles. The Morgan fingerprint density at radius 2 is 1.75 bits per heavy atom. The van der Waals surface area contributed by atoms with Crippen LogP contribution in [0.5, 0.6) is 0 Å². The first-order chi connectivity index (χ1) is 9.50. The van der Waals surface area contributed by atoms with Gasteiger partial charge in [-0.2, -0.15) is 0 Å². The summed E-state index contributed by atoms with van der Waals surface area (Å²) in [5, 5.41) is 0. The summed E-state index contributed by atoms with van der Waals surface area (Å²) in [5.41, 5.74) is 1.88. The monoisotopic (exact) mass is 351 g/mol. The van der Waals surface area contributed by atoms with Crippen LogP contribution >= 0.6 is 15.9 Å². The van der Waals surface area contributed by atoms with Gasteiger partial charge in [-0.05, 0) is 49.2 Å². The Morgan fingerprint density at radius 3 is 2.45 bits per heavy atom. The van der Waals surface area contributed by atoms with E-state index >= 15 is 0 Å². The largest absolute Gasteiger partial charge is 0.264 e. The minimum absolute atomic E-state index is 0.0546. The molecule has 3 nitrogen and oxygen atoms in total. The smallest absolute Gasteiger partial charge is 0.263 e. The Balaban J connectivity index is 2.10. The van der Waals surface area contributed by atoms with Crippen molar-refractivity contribution in [1.29, 1.82) is 0 Å². The Hall–Kier alpha value is -1.33. The third-order valence-corrected chi connectivity index (χ3v) is 5.99. The fourth-order valence-electron chi connectivity index (χ4n) is 2.62. The average molecular weight is 352 g/mol. The van der Waals surface area contributed by atoms with Crippen LogP contribution in [-0.4, -0.2) is 14.5 Å². The standard InChI is InChI=1S/C15H14BrNO2S/c1-11-10-12-4-2-3-5-15(12)17(11)20(18,19)14-8-6-13(16)7-9-14/h2-9,11H,10H2,1H3/t11-/m1/s1. The number of benzene rings is 2. The van der Waals surface area contributed by atoms with Gasteiger partial charge < -0.3 is 0 Å². The second-order valence-electron chi connectivity index (χ2n) is 4.94. The van der Waals surface area contributed by atoms with Crippen LogP contribution in [0.2, 0.25) is 0 Å². The molecule has 0 saturated heterocycles. The lowest BCUT2D eigenvalue weighted by atomic mass is 10.1. The molecule has 0 saturated carbocycles. The molecule has 0 unspecified atom stereocenters. The van der Waals surface area contributed by atoms with Crippen molar-refractivity contribution in [3.8, 4) is 0 Å². The second kappa shape index (κ2) is 4.90. The topological polar surface area (TPSA) is 37.4 Å². The van der Waals surface area contributed by atoms with Crippen LogP contribution in [0.1, 0.15) is 12.5 Å². The molecule has 0 spiro atoms. The van der Waals surface area contributed by atoms with E-state index < -0.39 is 10.0 Å². The van der Waals surface area contributed by atoms with Gasteiger partial charge in [0.2, 0.25) is 0 Å². The first-order valence-electron chi connectivity index (χ1n) is 6.38. The molecular weight excluding hydrogens is 338 g/mol. The molecule has 5 heteroatoms. The van der Waals surface area contributed by atoms with Gasteiger partial charge >= 0.3 is 0 Å². The Kier molecular flexibility index (Phi) is 3.34. The average Bonchev–Trinajstić information content (AvgIpc) is 2.75. The molecule has 0 radical (unpaired) electrons. The maximum Gasteiger partial charge on any atom is 0.264 e. The molecule has 2 aromatic rings. The molecule has 2 aromatic carbocycles. The molecule has 0 aromatic heterocycles. The summed E-state index contributed by atoms with van der Waals surface area (Å²) >= 11 is 3.32. The number of fused-ring (bicyclic) bond motifs is 1. The summed E-state index contributed by atoms with van der Waals surface area (Å²) in [7, 11) is -3.51. The van der Waals surface area contributed by atoms with Gasteiger partial charge in [-0.1, -0.05) is 34.1 Å². The van der Waals surface area contributed by atoms with E-state index in [9.17, 15) is 8.42 Å². The van der Waals surface area contributed by atoms with Crippen molar-refractivity contribution in [3.05, 3.63) is 58.6 Å². The van der Waals surface area contributed by atoms with Gasteiger partial charge in [0.1, 0.15) is 0 Å². The minimum Gasteiger partial charge on any atom is -0.263 e. The van der Waals surface area contributed by atoms with Crippen molar-refractivity contribution < 1.29 is 8.42 Å². The quantitative estimate of drug-likeness (QED) is 0.828. The molecule has 0 fully saturated rings. The highest BCUT2D eigenvalue weighted by Gasteiger charge is 2.35. The number of hydrogen-bond acceptors (Lipinski definition) is 2. The normalized spacial score (nSPS) is 18.1. The Morgan fingerprint density at radius 1 is 1.10 bits per heavy atom. The summed E-state index contributed by atoms with van der Waals surface area (Å²) in [6, 6.07) is 14.4. The van der Waals surface area contributed by atoms with Crippen molar-refractivity contribution in [1.82, 2.24) is 0 Å². The van der Waals surface area contributed by atoms with Crippen molar-refractivity contribution in [2.24, 2.45) is 0 Å². The van der Waals surface area contributed by atoms with E-state index in [0.29, 0.717) is 4.90 Å². The van der Waals surface area contributed by atoms with Gasteiger partial charge in [-0.15, -0.1) is 0 Å². The highest BCUT2D eigenvalue weighted by Crippen LogP contribution is 2.36. The number of para-hydroxylation sites is 1. The zero-order valence-electron chi connectivity index (χ0n) is 11.0. The fourth-order valence-corrected chi connectivity index (χ4v) is 4.58. The molecule has 0 aliphatic carbocycles. The van der Waals surface area contributed by atoms with E-state index in [1.807, 2.05) is 31.2 Å². The Bertz CT molecular complexity index is 741. The van der Waals surface area contributed by atoms with Crippen LogP contribution in [0.4, 0.5) is 5.69 Å². The van der Waals surface area contributed by atoms with Crippen molar-refractivity contribution in [2.45, 2.75) is 24.3 Å². The predicted octanol–water partition coefficient (Wildman–Crippen LogP) is 3.59. The van der Waals surface area contributed by atoms with Gasteiger partial charge in [-0.25, -0.2) is 8.42 Å². The first-order valence-corrected chi connectivity index (χ1v) is 8.61. The molecule has 1 aliphatic rings. The molecular formula is C15H14BrNO2S. The van der Waals surface area contributed by atoms with Crippen LogP contribution in [-0.2, 0) is 16.4 Å². The molecule has 1 atom stereocenters. The highest BCUT2D eigenvalue weighted by molar-refractivity contribution is 9.10. The molecule has 0 bridgehead atoms. The fraction of sp³-hybridized carbons (Fsp3) is 0.200. The van der Waals surface area contributed by atoms with Crippen molar-refractivity contribution in [3.63, 3.8) is 0 Å². The Labute approximate surface area is 127 Å². The summed E-state index contributed by atoms with van der Waals surface area (Å²) in [5.74, 6) is 0. The molecule has 0 amide bonds. The lowest BCUT2D eigenvalue weighted by molar-refractivity contribution is 0.584. The maximum atomic E-state index is 12.8. The van der Waals surface area contributed by atoms with Gasteiger partial charge in [0.25, 0.3) is 10.0 Å². The number of rotatable bonds is 2. The van der Waals surface area contributed by atoms with Gasteiger partial charge in [0.05, 0.1) is 10.6 Å². The van der Waals surface area contributed by atoms with Crippen LogP contribution in [0.15, 0.2) is 57.9 Å². The van der Waals surface area contributed by atoms with E-state index in [1.54, 1.807) is 24.3 Å². The molecule has 3 rings (SSSR count). The lowest BCUT2D eigenvalue weighted by Crippen LogP contribution is -2.35. The zero-order chi connectivity index (χ0) is 14.3. The summed E-state index contributed by atoms with van der Waals surface area (Å²) in [4.78, 5) is 0.323. The van der Waals surface area contributed by atoms with E-state index in [4.69, 9.17) is 0 Å². The third kappa shape index (κ3) is 2.15. The van der Waals surface area contributed by atoms with E-state index in [2.05, 4.69) is 15.9 Å². The predicted molar refractivity (Wildman–Crippen MR) is 83.4 cm³/mol. The lowest BCUT2D eigenvalue weighted by Gasteiger charge is -2.24. The SMILES string of the molecule is C[C@@H]1Cc2ccccc2N1S(=O)(=O)c1ccc(Br)cc1. The molecule has 0 N–H and O–H groups in total. The van der Waals surface area contributed by atoms with Gasteiger partial charge in [0.15, 0.2) is 0 Å². The van der Waals surface area contributed by atoms with E-state index in [-0.39, 0.29) is 6.04 Å². The third-order valence-electron chi connectivity index (χ3n) is 3.52. The summed E-state index contributed by atoms with van der Waals surface area (Å²) < 4.78 is 28.1. The van der Waals surface area contributed by atoms with E-state index in [0.717, 1.165) is 22.1 Å². The van der Waals surface area contributed by atoms with Crippen LogP contribution in [0.25, 0.3) is 0 Å². The molecule has 20 heavy (non-hydrogen) atoms. The summed E-state index contributed by atoms with van der Waals surface area (Å²) in [6.07, 6.45) is 0.756. The van der Waals surface area contributed by atoms with Gasteiger partial charge in [-0.3, -0.25) is 4.31 Å². The maximum absolute atomic E-state index is 12.8. The van der Waals surface area contributed by atoms with Crippen LogP contribution in [0, 0.1) is 0 Å². The van der Waals surface area contributed by atoms with Crippen LogP contribution < -0.4 is 4.31 Å². The highest BCUT2D eigenvalue weighted by atomic mass is 79.9. The van der Waals surface area contributed by atoms with Crippen LogP contribution in [0.3, 0.4) is 0 Å². The first kappa shape index (κ1) is 13.6. The second-order valence-corrected chi connectivity index (χ2v) is 7.67. The van der Waals surface area contributed by atoms with E-state index in [1.165, 1.54) is 4.31 Å². The number of anilines is 1. The number of sulfonamides is 1. The van der Waals surface area contributed by atoms with Crippen molar-refractivity contribution in [2.75, 3.05) is 4.31 Å². The number of hydrogen-bond donors (Lipinski definition) is 0. The molecule has 1 heterocycles. The number of halogens is 1. The minimum atomic E-state index is -3.51. The van der Waals surface area contributed by atoms with Gasteiger partial charge in [0, 0.05) is 10.5 Å². The number of nitrogens with zero attached hydrogens (tertiary/aromatic N) is 1. The summed E-state index contributed by atoms with van der Waals surface area (Å²) in [6.45, 7) is 1.94. The van der Waals surface area contributed by atoms with Crippen molar-refractivity contribution >= 4 is 31.6 Å². The zero-order valence-corrected chi connectivity index (χ0v) is 13.4. The molecule has 104 valence electrons.